The zero-order chi connectivity index (χ0) is 8.81. The van der Waals surface area contributed by atoms with E-state index in [0.717, 1.165) is 12.0 Å². The number of nitrogens with two attached hydrogens (primary N) is 1. The predicted octanol–water partition coefficient (Wildman–Crippen LogP) is 1.35. The highest BCUT2D eigenvalue weighted by Crippen LogP contribution is 1.98. The first-order valence-electron chi connectivity index (χ1n) is 4.00. The summed E-state index contributed by atoms with van der Waals surface area (Å²) in [6, 6.07) is 3.87. The predicted molar refractivity (Wildman–Crippen MR) is 49.9 cm³/mol. The van der Waals surface area contributed by atoms with E-state index >= 15 is 0 Å². The third-order valence-electron chi connectivity index (χ3n) is 1.58. The SMILES string of the molecule is CCC(N)=NCc1ccncc1. The molecule has 0 atom stereocenters. The first-order chi connectivity index (χ1) is 5.83. The molecule has 0 aliphatic rings. The van der Waals surface area contributed by atoms with Gasteiger partial charge in [-0.15, -0.1) is 0 Å². The molecule has 0 unspecified atom stereocenters. The molecule has 3 heteroatoms. The number of amidine groups is 1. The van der Waals surface area contributed by atoms with Gasteiger partial charge in [0.2, 0.25) is 0 Å². The van der Waals surface area contributed by atoms with Crippen LogP contribution >= 0.6 is 0 Å². The Balaban J connectivity index is 2.54. The number of hydrogen-bond acceptors (Lipinski definition) is 2. The second kappa shape index (κ2) is 4.49. The molecule has 0 aliphatic heterocycles. The summed E-state index contributed by atoms with van der Waals surface area (Å²) in [5.74, 6) is 0.701. The molecule has 1 heterocycles. The van der Waals surface area contributed by atoms with Crippen LogP contribution in [-0.4, -0.2) is 10.8 Å². The maximum absolute atomic E-state index is 5.56. The molecule has 0 spiro atoms. The second-order valence-electron chi connectivity index (χ2n) is 2.52. The van der Waals surface area contributed by atoms with E-state index in [1.54, 1.807) is 12.4 Å². The van der Waals surface area contributed by atoms with Crippen molar-refractivity contribution in [3.63, 3.8) is 0 Å². The highest BCUT2D eigenvalue weighted by Gasteiger charge is 1.89. The normalized spacial score (nSPS) is 11.6. The number of aliphatic imine (C=N–C) groups is 1. The molecule has 0 fully saturated rings. The molecule has 0 bridgehead atoms. The van der Waals surface area contributed by atoms with E-state index in [2.05, 4.69) is 9.98 Å². The van der Waals surface area contributed by atoms with Crippen molar-refractivity contribution in [1.82, 2.24) is 4.98 Å². The van der Waals surface area contributed by atoms with E-state index in [1.165, 1.54) is 0 Å². The molecule has 64 valence electrons. The van der Waals surface area contributed by atoms with Crippen LogP contribution in [0.25, 0.3) is 0 Å². The summed E-state index contributed by atoms with van der Waals surface area (Å²) in [5, 5.41) is 0. The van der Waals surface area contributed by atoms with Gasteiger partial charge in [0.15, 0.2) is 0 Å². The van der Waals surface area contributed by atoms with E-state index in [1.807, 2.05) is 19.1 Å². The van der Waals surface area contributed by atoms with Crippen LogP contribution in [0.15, 0.2) is 29.5 Å². The fourth-order valence-corrected chi connectivity index (χ4v) is 0.793. The zero-order valence-electron chi connectivity index (χ0n) is 7.20. The third kappa shape index (κ3) is 2.70. The Morgan fingerprint density at radius 3 is 2.75 bits per heavy atom. The molecule has 0 radical (unpaired) electrons. The van der Waals surface area contributed by atoms with Crippen LogP contribution in [0.5, 0.6) is 0 Å². The van der Waals surface area contributed by atoms with Crippen molar-refractivity contribution in [3.05, 3.63) is 30.1 Å². The van der Waals surface area contributed by atoms with E-state index in [0.29, 0.717) is 12.4 Å². The van der Waals surface area contributed by atoms with Gasteiger partial charge in [0.05, 0.1) is 12.4 Å². The summed E-state index contributed by atoms with van der Waals surface area (Å²) < 4.78 is 0. The second-order valence-corrected chi connectivity index (χ2v) is 2.52. The Labute approximate surface area is 72.3 Å². The quantitative estimate of drug-likeness (QED) is 0.540. The first kappa shape index (κ1) is 8.71. The van der Waals surface area contributed by atoms with Crippen LogP contribution in [0.4, 0.5) is 0 Å². The van der Waals surface area contributed by atoms with Gasteiger partial charge in [-0.1, -0.05) is 6.92 Å². The van der Waals surface area contributed by atoms with Gasteiger partial charge < -0.3 is 5.73 Å². The lowest BCUT2D eigenvalue weighted by molar-refractivity contribution is 1.03. The van der Waals surface area contributed by atoms with Crippen LogP contribution in [0.3, 0.4) is 0 Å². The molecule has 3 nitrogen and oxygen atoms in total. The Bertz CT molecular complexity index is 254. The van der Waals surface area contributed by atoms with Crippen molar-refractivity contribution in [2.75, 3.05) is 0 Å². The maximum atomic E-state index is 5.56. The number of pyridine rings is 1. The lowest BCUT2D eigenvalue weighted by atomic mass is 10.3. The largest absolute Gasteiger partial charge is 0.387 e. The van der Waals surface area contributed by atoms with E-state index in [9.17, 15) is 0 Å². The van der Waals surface area contributed by atoms with E-state index < -0.39 is 0 Å². The number of aromatic nitrogens is 1. The minimum atomic E-state index is 0.655. The average Bonchev–Trinajstić information content (AvgIpc) is 2.16. The van der Waals surface area contributed by atoms with Gasteiger partial charge in [-0.3, -0.25) is 9.98 Å². The molecule has 0 amide bonds. The smallest absolute Gasteiger partial charge is 0.0938 e. The van der Waals surface area contributed by atoms with Crippen molar-refractivity contribution >= 4 is 5.84 Å². The Hall–Kier alpha value is -1.38. The minimum absolute atomic E-state index is 0.655. The average molecular weight is 163 g/mol. The Kier molecular flexibility index (Phi) is 3.26. The van der Waals surface area contributed by atoms with Crippen LogP contribution in [-0.2, 0) is 6.54 Å². The summed E-state index contributed by atoms with van der Waals surface area (Å²) in [7, 11) is 0. The standard InChI is InChI=1S/C9H13N3/c1-2-9(10)12-7-8-3-5-11-6-4-8/h3-6H,2,7H2,1H3,(H2,10,12). The fourth-order valence-electron chi connectivity index (χ4n) is 0.793. The summed E-state index contributed by atoms with van der Waals surface area (Å²) >= 11 is 0. The van der Waals surface area contributed by atoms with Crippen molar-refractivity contribution in [1.29, 1.82) is 0 Å². The Morgan fingerprint density at radius 2 is 2.17 bits per heavy atom. The van der Waals surface area contributed by atoms with Gasteiger partial charge >= 0.3 is 0 Å². The summed E-state index contributed by atoms with van der Waals surface area (Å²) in [6.45, 7) is 2.65. The van der Waals surface area contributed by atoms with Gasteiger partial charge in [-0.05, 0) is 17.7 Å². The molecule has 1 aromatic heterocycles. The first-order valence-corrected chi connectivity index (χ1v) is 4.00. The Morgan fingerprint density at radius 1 is 1.50 bits per heavy atom. The van der Waals surface area contributed by atoms with Gasteiger partial charge in [0.1, 0.15) is 0 Å². The van der Waals surface area contributed by atoms with E-state index in [-0.39, 0.29) is 0 Å². The molecular weight excluding hydrogens is 150 g/mol. The monoisotopic (exact) mass is 163 g/mol. The van der Waals surface area contributed by atoms with Crippen LogP contribution in [0.1, 0.15) is 18.9 Å². The van der Waals surface area contributed by atoms with Crippen LogP contribution in [0, 0.1) is 0 Å². The molecule has 0 saturated carbocycles. The number of nitrogens with zero attached hydrogens (tertiary/aromatic N) is 2. The van der Waals surface area contributed by atoms with Crippen molar-refractivity contribution < 1.29 is 0 Å². The summed E-state index contributed by atoms with van der Waals surface area (Å²) in [6.07, 6.45) is 4.32. The molecule has 0 aliphatic carbocycles. The lowest BCUT2D eigenvalue weighted by Gasteiger charge is -1.96. The number of rotatable bonds is 3. The highest BCUT2D eigenvalue weighted by molar-refractivity contribution is 5.79. The highest BCUT2D eigenvalue weighted by atomic mass is 14.8. The van der Waals surface area contributed by atoms with Crippen molar-refractivity contribution in [2.45, 2.75) is 19.9 Å². The third-order valence-corrected chi connectivity index (χ3v) is 1.58. The summed E-state index contributed by atoms with van der Waals surface area (Å²) in [4.78, 5) is 8.09. The molecular formula is C9H13N3. The lowest BCUT2D eigenvalue weighted by Crippen LogP contribution is -2.09. The van der Waals surface area contributed by atoms with Gasteiger partial charge in [-0.25, -0.2) is 0 Å². The van der Waals surface area contributed by atoms with Gasteiger partial charge in [0.25, 0.3) is 0 Å². The summed E-state index contributed by atoms with van der Waals surface area (Å²) in [5.41, 5.74) is 6.70. The molecule has 0 aromatic carbocycles. The fraction of sp³-hybridized carbons (Fsp3) is 0.333. The topological polar surface area (TPSA) is 51.3 Å². The molecule has 12 heavy (non-hydrogen) atoms. The number of hydrogen-bond donors (Lipinski definition) is 1. The van der Waals surface area contributed by atoms with Crippen LogP contribution < -0.4 is 5.73 Å². The van der Waals surface area contributed by atoms with E-state index in [4.69, 9.17) is 5.73 Å². The van der Waals surface area contributed by atoms with Crippen LogP contribution in [0.2, 0.25) is 0 Å². The minimum Gasteiger partial charge on any atom is -0.387 e. The molecule has 2 N–H and O–H groups in total. The van der Waals surface area contributed by atoms with Crippen molar-refractivity contribution in [3.8, 4) is 0 Å². The maximum Gasteiger partial charge on any atom is 0.0938 e. The zero-order valence-corrected chi connectivity index (χ0v) is 7.20. The molecule has 0 saturated heterocycles. The molecule has 1 rings (SSSR count). The van der Waals surface area contributed by atoms with Gasteiger partial charge in [-0.2, -0.15) is 0 Å². The van der Waals surface area contributed by atoms with Crippen molar-refractivity contribution in [2.24, 2.45) is 10.7 Å². The van der Waals surface area contributed by atoms with Gasteiger partial charge in [0, 0.05) is 18.8 Å². The molecule has 1 aromatic rings.